The number of anilines is 1. The zero-order chi connectivity index (χ0) is 15.4. The summed E-state index contributed by atoms with van der Waals surface area (Å²) in [4.78, 5) is 12.1. The average Bonchev–Trinajstić information content (AvgIpc) is 2.80. The molecule has 0 atom stereocenters. The monoisotopic (exact) mass is 319 g/mol. The highest BCUT2D eigenvalue weighted by Gasteiger charge is 2.11. The van der Waals surface area contributed by atoms with Crippen molar-refractivity contribution in [3.8, 4) is 6.07 Å². The van der Waals surface area contributed by atoms with Gasteiger partial charge in [-0.3, -0.25) is 4.79 Å². The first-order valence-corrected chi connectivity index (χ1v) is 6.76. The first-order valence-electron chi connectivity index (χ1n) is 6.00. The van der Waals surface area contributed by atoms with Crippen molar-refractivity contribution in [2.45, 2.75) is 0 Å². The third kappa shape index (κ3) is 3.88. The lowest BCUT2D eigenvalue weighted by molar-refractivity contribution is -0.112. The molecule has 1 N–H and O–H groups in total. The summed E-state index contributed by atoms with van der Waals surface area (Å²) in [6.07, 6.45) is 3.34. The van der Waals surface area contributed by atoms with Crippen LogP contribution in [-0.4, -0.2) is 10.5 Å². The van der Waals surface area contributed by atoms with Crippen LogP contribution in [0, 0.1) is 11.3 Å². The van der Waals surface area contributed by atoms with E-state index in [1.165, 1.54) is 6.08 Å². The largest absolute Gasteiger partial charge is 0.351 e. The fraction of sp³-hybridized carbons (Fsp3) is 0.0667. The van der Waals surface area contributed by atoms with Crippen molar-refractivity contribution in [3.63, 3.8) is 0 Å². The Hall–Kier alpha value is -2.22. The first kappa shape index (κ1) is 15.2. The molecule has 0 fully saturated rings. The van der Waals surface area contributed by atoms with Crippen LogP contribution in [0.3, 0.4) is 0 Å². The summed E-state index contributed by atoms with van der Waals surface area (Å²) in [6, 6.07) is 10.2. The SMILES string of the molecule is Cn1cccc1/C=C(\C#N)C(=O)Nc1cc(Cl)cc(Cl)c1. The van der Waals surface area contributed by atoms with Gasteiger partial charge in [-0.25, -0.2) is 0 Å². The maximum Gasteiger partial charge on any atom is 0.266 e. The Bertz CT molecular complexity index is 736. The number of hydrogen-bond donors (Lipinski definition) is 1. The number of carbonyl (C=O) groups is 1. The van der Waals surface area contributed by atoms with Gasteiger partial charge in [0.2, 0.25) is 0 Å². The van der Waals surface area contributed by atoms with Crippen molar-refractivity contribution >= 4 is 40.9 Å². The van der Waals surface area contributed by atoms with Crippen LogP contribution in [0.1, 0.15) is 5.69 Å². The third-order valence-electron chi connectivity index (χ3n) is 2.76. The maximum atomic E-state index is 12.1. The van der Waals surface area contributed by atoms with Gasteiger partial charge < -0.3 is 9.88 Å². The van der Waals surface area contributed by atoms with Crippen LogP contribution >= 0.6 is 23.2 Å². The average molecular weight is 320 g/mol. The van der Waals surface area contributed by atoms with Crippen LogP contribution in [0.15, 0.2) is 42.1 Å². The predicted octanol–water partition coefficient (Wildman–Crippen LogP) is 3.88. The van der Waals surface area contributed by atoms with E-state index in [2.05, 4.69) is 5.32 Å². The van der Waals surface area contributed by atoms with Gasteiger partial charge >= 0.3 is 0 Å². The summed E-state index contributed by atoms with van der Waals surface area (Å²) in [5.41, 5.74) is 1.18. The lowest BCUT2D eigenvalue weighted by atomic mass is 10.2. The van der Waals surface area contributed by atoms with Crippen LogP contribution < -0.4 is 5.32 Å². The smallest absolute Gasteiger partial charge is 0.266 e. The van der Waals surface area contributed by atoms with Crippen LogP contribution in [0.25, 0.3) is 6.08 Å². The van der Waals surface area contributed by atoms with Gasteiger partial charge in [-0.1, -0.05) is 23.2 Å². The number of amides is 1. The topological polar surface area (TPSA) is 57.8 Å². The quantitative estimate of drug-likeness (QED) is 0.689. The Kier molecular flexibility index (Phi) is 4.69. The number of hydrogen-bond acceptors (Lipinski definition) is 2. The molecule has 2 rings (SSSR count). The lowest BCUT2D eigenvalue weighted by Gasteiger charge is -2.06. The molecule has 1 aromatic carbocycles. The summed E-state index contributed by atoms with van der Waals surface area (Å²) < 4.78 is 1.81. The van der Waals surface area contributed by atoms with E-state index in [1.807, 2.05) is 25.4 Å². The highest BCUT2D eigenvalue weighted by molar-refractivity contribution is 6.35. The number of nitriles is 1. The molecule has 0 bridgehead atoms. The van der Waals surface area contributed by atoms with E-state index in [0.29, 0.717) is 15.7 Å². The van der Waals surface area contributed by atoms with Gasteiger partial charge in [0.25, 0.3) is 5.91 Å². The molecule has 0 aliphatic carbocycles. The molecule has 4 nitrogen and oxygen atoms in total. The Labute approximate surface area is 132 Å². The van der Waals surface area contributed by atoms with Gasteiger partial charge in [-0.15, -0.1) is 0 Å². The van der Waals surface area contributed by atoms with E-state index >= 15 is 0 Å². The summed E-state index contributed by atoms with van der Waals surface area (Å²) >= 11 is 11.7. The fourth-order valence-corrected chi connectivity index (χ4v) is 2.27. The van der Waals surface area contributed by atoms with E-state index in [9.17, 15) is 4.79 Å². The molecule has 0 saturated heterocycles. The Morgan fingerprint density at radius 1 is 1.33 bits per heavy atom. The summed E-state index contributed by atoms with van der Waals surface area (Å²) in [6.45, 7) is 0. The molecule has 0 spiro atoms. The number of nitrogens with zero attached hydrogens (tertiary/aromatic N) is 2. The first-order chi connectivity index (χ1) is 9.99. The van der Waals surface area contributed by atoms with E-state index in [4.69, 9.17) is 28.5 Å². The third-order valence-corrected chi connectivity index (χ3v) is 3.20. The van der Waals surface area contributed by atoms with Crippen LogP contribution in [0.5, 0.6) is 0 Å². The number of aryl methyl sites for hydroxylation is 1. The second-order valence-corrected chi connectivity index (χ2v) is 5.20. The van der Waals surface area contributed by atoms with Crippen molar-refractivity contribution in [1.29, 1.82) is 5.26 Å². The summed E-state index contributed by atoms with van der Waals surface area (Å²) in [7, 11) is 1.83. The Morgan fingerprint density at radius 2 is 2.00 bits per heavy atom. The van der Waals surface area contributed by atoms with E-state index in [-0.39, 0.29) is 5.57 Å². The molecular formula is C15H11Cl2N3O. The van der Waals surface area contributed by atoms with Crippen molar-refractivity contribution in [2.24, 2.45) is 7.05 Å². The van der Waals surface area contributed by atoms with Crippen LogP contribution in [0.4, 0.5) is 5.69 Å². The molecule has 21 heavy (non-hydrogen) atoms. The molecule has 1 amide bonds. The number of halogens is 2. The van der Waals surface area contributed by atoms with Crippen molar-refractivity contribution < 1.29 is 4.79 Å². The number of rotatable bonds is 3. The highest BCUT2D eigenvalue weighted by atomic mass is 35.5. The fourth-order valence-electron chi connectivity index (χ4n) is 1.75. The number of aromatic nitrogens is 1. The summed E-state index contributed by atoms with van der Waals surface area (Å²) in [5, 5.41) is 12.5. The lowest BCUT2D eigenvalue weighted by Crippen LogP contribution is -2.13. The molecule has 0 aliphatic rings. The van der Waals surface area contributed by atoms with Gasteiger partial charge in [0, 0.05) is 34.7 Å². The zero-order valence-corrected chi connectivity index (χ0v) is 12.6. The highest BCUT2D eigenvalue weighted by Crippen LogP contribution is 2.23. The van der Waals surface area contributed by atoms with Crippen molar-refractivity contribution in [2.75, 3.05) is 5.32 Å². The molecule has 2 aromatic rings. The standard InChI is InChI=1S/C15H11Cl2N3O/c1-20-4-2-3-14(20)5-10(9-18)15(21)19-13-7-11(16)6-12(17)8-13/h2-8H,1H3,(H,19,21)/b10-5+. The van der Waals surface area contributed by atoms with Crippen molar-refractivity contribution in [3.05, 3.63) is 57.8 Å². The normalized spacial score (nSPS) is 11.0. The maximum absolute atomic E-state index is 12.1. The van der Waals surface area contributed by atoms with Gasteiger partial charge in [-0.05, 0) is 36.4 Å². The van der Waals surface area contributed by atoms with E-state index < -0.39 is 5.91 Å². The molecule has 0 unspecified atom stereocenters. The van der Waals surface area contributed by atoms with Gasteiger partial charge in [0.15, 0.2) is 0 Å². The van der Waals surface area contributed by atoms with Gasteiger partial charge in [0.1, 0.15) is 11.6 Å². The number of benzene rings is 1. The van der Waals surface area contributed by atoms with Crippen molar-refractivity contribution in [1.82, 2.24) is 4.57 Å². The molecule has 0 saturated carbocycles. The Morgan fingerprint density at radius 3 is 2.52 bits per heavy atom. The van der Waals surface area contributed by atoms with Crippen LogP contribution in [-0.2, 0) is 11.8 Å². The second-order valence-electron chi connectivity index (χ2n) is 4.33. The molecule has 1 heterocycles. The van der Waals surface area contributed by atoms with Gasteiger partial charge in [-0.2, -0.15) is 5.26 Å². The molecule has 0 aliphatic heterocycles. The minimum atomic E-state index is -0.517. The number of carbonyl (C=O) groups excluding carboxylic acids is 1. The molecule has 1 aromatic heterocycles. The summed E-state index contributed by atoms with van der Waals surface area (Å²) in [5.74, 6) is -0.517. The van der Waals surface area contributed by atoms with Gasteiger partial charge in [0.05, 0.1) is 0 Å². The zero-order valence-electron chi connectivity index (χ0n) is 11.1. The number of nitrogens with one attached hydrogen (secondary N) is 1. The predicted molar refractivity (Wildman–Crippen MR) is 84.1 cm³/mol. The molecule has 106 valence electrons. The Balaban J connectivity index is 2.24. The molecular weight excluding hydrogens is 309 g/mol. The van der Waals surface area contributed by atoms with Crippen LogP contribution in [0.2, 0.25) is 10.0 Å². The minimum absolute atomic E-state index is 0.00658. The van der Waals surface area contributed by atoms with E-state index in [0.717, 1.165) is 5.69 Å². The van der Waals surface area contributed by atoms with E-state index in [1.54, 1.807) is 28.8 Å². The minimum Gasteiger partial charge on any atom is -0.351 e. The molecule has 6 heteroatoms. The second kappa shape index (κ2) is 6.49. The molecule has 0 radical (unpaired) electrons.